The van der Waals surface area contributed by atoms with E-state index < -0.39 is 6.04 Å². The molecule has 0 saturated carbocycles. The Balaban J connectivity index is 2.06. The number of hydrogen-bond donors (Lipinski definition) is 1. The van der Waals surface area contributed by atoms with Gasteiger partial charge < -0.3 is 15.0 Å². The lowest BCUT2D eigenvalue weighted by Crippen LogP contribution is -2.48. The third-order valence-corrected chi connectivity index (χ3v) is 4.77. The summed E-state index contributed by atoms with van der Waals surface area (Å²) < 4.78 is 5.14. The summed E-state index contributed by atoms with van der Waals surface area (Å²) >= 11 is 5.94. The minimum Gasteiger partial charge on any atom is -0.497 e. The maximum absolute atomic E-state index is 12.7. The number of hydrogen-bond acceptors (Lipinski definition) is 3. The number of ether oxygens (including phenoxy) is 1. The quantitative estimate of drug-likeness (QED) is 0.725. The molecule has 0 heterocycles. The van der Waals surface area contributed by atoms with E-state index in [0.29, 0.717) is 18.1 Å². The van der Waals surface area contributed by atoms with Crippen molar-refractivity contribution in [3.8, 4) is 5.75 Å². The van der Waals surface area contributed by atoms with E-state index in [1.807, 2.05) is 50.2 Å². The molecule has 0 aromatic heterocycles. The fourth-order valence-corrected chi connectivity index (χ4v) is 2.87. The molecule has 0 saturated heterocycles. The summed E-state index contributed by atoms with van der Waals surface area (Å²) in [4.78, 5) is 27.0. The summed E-state index contributed by atoms with van der Waals surface area (Å²) in [5.41, 5.74) is 1.88. The van der Waals surface area contributed by atoms with Crippen molar-refractivity contribution in [2.45, 2.75) is 39.9 Å². The Hall–Kier alpha value is -2.53. The lowest BCUT2D eigenvalue weighted by Gasteiger charge is -2.30. The van der Waals surface area contributed by atoms with Crippen LogP contribution in [0.5, 0.6) is 5.75 Å². The van der Waals surface area contributed by atoms with Crippen molar-refractivity contribution in [2.75, 3.05) is 7.11 Å². The molecule has 0 aliphatic heterocycles. The van der Waals surface area contributed by atoms with Crippen LogP contribution in [0.15, 0.2) is 48.5 Å². The van der Waals surface area contributed by atoms with Gasteiger partial charge in [0.1, 0.15) is 11.8 Å². The fraction of sp³-hybridized carbons (Fsp3) is 0.364. The second-order valence-electron chi connectivity index (χ2n) is 6.99. The largest absolute Gasteiger partial charge is 0.497 e. The van der Waals surface area contributed by atoms with Gasteiger partial charge >= 0.3 is 0 Å². The predicted octanol–water partition coefficient (Wildman–Crippen LogP) is 4.04. The van der Waals surface area contributed by atoms with Crippen LogP contribution in [0.3, 0.4) is 0 Å². The summed E-state index contributed by atoms with van der Waals surface area (Å²) in [5.74, 6) is 0.296. The Morgan fingerprint density at radius 3 is 2.11 bits per heavy atom. The lowest BCUT2D eigenvalue weighted by molar-refractivity contribution is -0.143. The highest BCUT2D eigenvalue weighted by Gasteiger charge is 2.27. The normalized spacial score (nSPS) is 11.8. The van der Waals surface area contributed by atoms with Gasteiger partial charge in [-0.05, 0) is 42.3 Å². The Labute approximate surface area is 171 Å². The van der Waals surface area contributed by atoms with Crippen molar-refractivity contribution in [1.29, 1.82) is 0 Å². The Morgan fingerprint density at radius 2 is 1.57 bits per heavy atom. The molecule has 5 nitrogen and oxygen atoms in total. The van der Waals surface area contributed by atoms with E-state index in [2.05, 4.69) is 5.32 Å². The molecule has 1 atom stereocenters. The third kappa shape index (κ3) is 5.99. The molecule has 0 aliphatic carbocycles. The molecule has 0 aliphatic rings. The van der Waals surface area contributed by atoms with Crippen LogP contribution in [0, 0.1) is 5.92 Å². The molecule has 2 aromatic carbocycles. The number of benzene rings is 2. The van der Waals surface area contributed by atoms with Crippen molar-refractivity contribution in [2.24, 2.45) is 5.92 Å². The number of nitrogens with one attached hydrogen (secondary N) is 1. The standard InChI is InChI=1S/C22H27ClN2O3/c1-15(2)22(27)25(14-18-5-9-19(23)10-6-18)16(3)21(26)24-13-17-7-11-20(28-4)12-8-17/h5-12,15-16H,13-14H2,1-4H3,(H,24,26)/t16-/m0/s1. The minimum atomic E-state index is -0.594. The van der Waals surface area contributed by atoms with Crippen LogP contribution in [-0.2, 0) is 22.7 Å². The summed E-state index contributed by atoms with van der Waals surface area (Å²) in [6.45, 7) is 6.15. The van der Waals surface area contributed by atoms with E-state index in [1.165, 1.54) is 0 Å². The monoisotopic (exact) mass is 402 g/mol. The van der Waals surface area contributed by atoms with Gasteiger partial charge in [-0.1, -0.05) is 49.7 Å². The van der Waals surface area contributed by atoms with Crippen LogP contribution < -0.4 is 10.1 Å². The van der Waals surface area contributed by atoms with Gasteiger partial charge in [0.15, 0.2) is 0 Å². The SMILES string of the molecule is COc1ccc(CNC(=O)[C@H](C)N(Cc2ccc(Cl)cc2)C(=O)C(C)C)cc1. The molecule has 2 aromatic rings. The lowest BCUT2D eigenvalue weighted by atomic mass is 10.1. The summed E-state index contributed by atoms with van der Waals surface area (Å²) in [5, 5.41) is 3.55. The molecule has 6 heteroatoms. The maximum Gasteiger partial charge on any atom is 0.242 e. The predicted molar refractivity (Wildman–Crippen MR) is 111 cm³/mol. The number of carbonyl (C=O) groups is 2. The number of amides is 2. The maximum atomic E-state index is 12.7. The minimum absolute atomic E-state index is 0.0675. The zero-order valence-corrected chi connectivity index (χ0v) is 17.5. The van der Waals surface area contributed by atoms with Crippen LogP contribution in [0.1, 0.15) is 31.9 Å². The number of halogens is 1. The fourth-order valence-electron chi connectivity index (χ4n) is 2.75. The number of nitrogens with zero attached hydrogens (tertiary/aromatic N) is 1. The molecule has 0 unspecified atom stereocenters. The van der Waals surface area contributed by atoms with Crippen LogP contribution >= 0.6 is 11.6 Å². The van der Waals surface area contributed by atoms with Crippen molar-refractivity contribution < 1.29 is 14.3 Å². The first kappa shape index (κ1) is 21.8. The molecule has 2 rings (SSSR count). The van der Waals surface area contributed by atoms with E-state index >= 15 is 0 Å². The zero-order valence-electron chi connectivity index (χ0n) is 16.7. The molecule has 0 spiro atoms. The molecular weight excluding hydrogens is 376 g/mol. The molecule has 0 radical (unpaired) electrons. The van der Waals surface area contributed by atoms with Gasteiger partial charge in [-0.25, -0.2) is 0 Å². The summed E-state index contributed by atoms with van der Waals surface area (Å²) in [7, 11) is 1.61. The molecule has 0 bridgehead atoms. The van der Waals surface area contributed by atoms with Crippen LogP contribution in [0.2, 0.25) is 5.02 Å². The van der Waals surface area contributed by atoms with Crippen LogP contribution in [0.25, 0.3) is 0 Å². The number of carbonyl (C=O) groups excluding carboxylic acids is 2. The zero-order chi connectivity index (χ0) is 20.7. The van der Waals surface area contributed by atoms with Crippen molar-refractivity contribution >= 4 is 23.4 Å². The van der Waals surface area contributed by atoms with Crippen LogP contribution in [-0.4, -0.2) is 29.9 Å². The van der Waals surface area contributed by atoms with Gasteiger partial charge in [0.25, 0.3) is 0 Å². The van der Waals surface area contributed by atoms with E-state index in [0.717, 1.165) is 16.9 Å². The highest BCUT2D eigenvalue weighted by Crippen LogP contribution is 2.16. The van der Waals surface area contributed by atoms with Crippen molar-refractivity contribution in [3.05, 3.63) is 64.7 Å². The van der Waals surface area contributed by atoms with Crippen molar-refractivity contribution in [1.82, 2.24) is 10.2 Å². The summed E-state index contributed by atoms with van der Waals surface area (Å²) in [6, 6.07) is 14.2. The van der Waals surface area contributed by atoms with Gasteiger partial charge in [0.05, 0.1) is 7.11 Å². The Bertz CT molecular complexity index is 788. The van der Waals surface area contributed by atoms with E-state index in [-0.39, 0.29) is 17.7 Å². The molecule has 1 N–H and O–H groups in total. The highest BCUT2D eigenvalue weighted by atomic mass is 35.5. The second kappa shape index (κ2) is 10.1. The van der Waals surface area contributed by atoms with Crippen molar-refractivity contribution in [3.63, 3.8) is 0 Å². The van der Waals surface area contributed by atoms with Gasteiger partial charge in [-0.3, -0.25) is 9.59 Å². The molecular formula is C22H27ClN2O3. The average Bonchev–Trinajstić information content (AvgIpc) is 2.70. The molecule has 2 amide bonds. The topological polar surface area (TPSA) is 58.6 Å². The average molecular weight is 403 g/mol. The van der Waals surface area contributed by atoms with Gasteiger partial charge in [0, 0.05) is 24.0 Å². The molecule has 150 valence electrons. The van der Waals surface area contributed by atoms with Crippen LogP contribution in [0.4, 0.5) is 0 Å². The third-order valence-electron chi connectivity index (χ3n) is 4.52. The van der Waals surface area contributed by atoms with E-state index in [9.17, 15) is 9.59 Å². The highest BCUT2D eigenvalue weighted by molar-refractivity contribution is 6.30. The van der Waals surface area contributed by atoms with E-state index in [4.69, 9.17) is 16.3 Å². The first-order valence-electron chi connectivity index (χ1n) is 9.27. The smallest absolute Gasteiger partial charge is 0.242 e. The van der Waals surface area contributed by atoms with Gasteiger partial charge in [-0.15, -0.1) is 0 Å². The second-order valence-corrected chi connectivity index (χ2v) is 7.43. The number of methoxy groups -OCH3 is 1. The Kier molecular flexibility index (Phi) is 7.88. The van der Waals surface area contributed by atoms with Gasteiger partial charge in [0.2, 0.25) is 11.8 Å². The molecule has 28 heavy (non-hydrogen) atoms. The van der Waals surface area contributed by atoms with E-state index in [1.54, 1.807) is 31.1 Å². The number of rotatable bonds is 8. The Morgan fingerprint density at radius 1 is 1.00 bits per heavy atom. The first-order chi connectivity index (χ1) is 13.3. The van der Waals surface area contributed by atoms with Gasteiger partial charge in [-0.2, -0.15) is 0 Å². The summed E-state index contributed by atoms with van der Waals surface area (Å²) in [6.07, 6.45) is 0. The molecule has 0 fully saturated rings. The first-order valence-corrected chi connectivity index (χ1v) is 9.65.